The average Bonchev–Trinajstić information content (AvgIpc) is 3.34. The Kier molecular flexibility index (Phi) is 6.19. The van der Waals surface area contributed by atoms with Gasteiger partial charge < -0.3 is 14.6 Å². The number of hydrogen-bond acceptors (Lipinski definition) is 4. The van der Waals surface area contributed by atoms with Crippen molar-refractivity contribution in [3.8, 4) is 11.4 Å². The van der Waals surface area contributed by atoms with Crippen LogP contribution in [0.25, 0.3) is 5.69 Å². The van der Waals surface area contributed by atoms with E-state index in [1.807, 2.05) is 17.7 Å². The molecule has 3 aromatic rings. The molecule has 0 bridgehead atoms. The molecule has 0 aliphatic rings. The predicted octanol–water partition coefficient (Wildman–Crippen LogP) is 2.82. The Hall–Kier alpha value is -3.16. The third kappa shape index (κ3) is 4.93. The number of aromatic nitrogens is 4. The Morgan fingerprint density at radius 1 is 1.30 bits per heavy atom. The van der Waals surface area contributed by atoms with E-state index in [9.17, 15) is 9.18 Å². The number of nitrogens with one attached hydrogen (secondary N) is 1. The number of carbonyl (C=O) groups excluding carboxylic acids is 1. The van der Waals surface area contributed by atoms with Crippen LogP contribution in [-0.2, 0) is 6.54 Å². The summed E-state index contributed by atoms with van der Waals surface area (Å²) in [6.07, 6.45) is 8.56. The minimum absolute atomic E-state index is 0.218. The molecule has 1 aromatic carbocycles. The summed E-state index contributed by atoms with van der Waals surface area (Å²) in [5.41, 5.74) is 0.868. The molecule has 1 N–H and O–H groups in total. The van der Waals surface area contributed by atoms with Gasteiger partial charge in [-0.2, -0.15) is 5.10 Å². The number of amides is 1. The fourth-order valence-corrected chi connectivity index (χ4v) is 2.53. The monoisotopic (exact) mass is 371 g/mol. The fourth-order valence-electron chi connectivity index (χ4n) is 2.53. The molecule has 3 rings (SSSR count). The number of aryl methyl sites for hydroxylation is 1. The Balaban J connectivity index is 1.67. The Morgan fingerprint density at radius 3 is 2.81 bits per heavy atom. The second kappa shape index (κ2) is 8.98. The molecular weight excluding hydrogens is 349 g/mol. The molecule has 0 unspecified atom stereocenters. The van der Waals surface area contributed by atoms with Gasteiger partial charge >= 0.3 is 0 Å². The number of halogens is 1. The lowest BCUT2D eigenvalue weighted by Crippen LogP contribution is -2.26. The van der Waals surface area contributed by atoms with Crippen molar-refractivity contribution in [3.63, 3.8) is 0 Å². The smallest absolute Gasteiger partial charge is 0.275 e. The zero-order valence-electron chi connectivity index (χ0n) is 15.1. The maximum Gasteiger partial charge on any atom is 0.275 e. The summed E-state index contributed by atoms with van der Waals surface area (Å²) in [6.45, 7) is 3.74. The van der Waals surface area contributed by atoms with Gasteiger partial charge in [-0.15, -0.1) is 0 Å². The van der Waals surface area contributed by atoms with Gasteiger partial charge in [-0.1, -0.05) is 6.92 Å². The maximum absolute atomic E-state index is 13.1. The zero-order valence-corrected chi connectivity index (χ0v) is 15.1. The minimum Gasteiger partial charge on any atom is -0.489 e. The number of nitrogens with zero attached hydrogens (tertiary/aromatic N) is 4. The van der Waals surface area contributed by atoms with Crippen LogP contribution in [-0.4, -0.2) is 38.4 Å². The van der Waals surface area contributed by atoms with Gasteiger partial charge in [-0.25, -0.2) is 14.1 Å². The van der Waals surface area contributed by atoms with Crippen molar-refractivity contribution in [2.45, 2.75) is 26.3 Å². The number of imidazole rings is 1. The molecule has 27 heavy (non-hydrogen) atoms. The van der Waals surface area contributed by atoms with E-state index < -0.39 is 0 Å². The number of ether oxygens (including phenoxy) is 1. The highest BCUT2D eigenvalue weighted by molar-refractivity contribution is 5.94. The van der Waals surface area contributed by atoms with Crippen molar-refractivity contribution in [2.75, 3.05) is 13.2 Å². The number of hydrogen-bond donors (Lipinski definition) is 1. The van der Waals surface area contributed by atoms with Gasteiger partial charge in [0.15, 0.2) is 11.4 Å². The molecule has 2 heterocycles. The molecule has 1 amide bonds. The van der Waals surface area contributed by atoms with Crippen LogP contribution < -0.4 is 10.1 Å². The fraction of sp³-hybridized carbons (Fsp3) is 0.316. The molecule has 0 saturated heterocycles. The van der Waals surface area contributed by atoms with Crippen molar-refractivity contribution in [3.05, 3.63) is 60.7 Å². The van der Waals surface area contributed by atoms with Crippen molar-refractivity contribution >= 4 is 5.91 Å². The van der Waals surface area contributed by atoms with E-state index in [4.69, 9.17) is 4.74 Å². The largest absolute Gasteiger partial charge is 0.489 e. The number of rotatable bonds is 9. The lowest BCUT2D eigenvalue weighted by Gasteiger charge is -2.06. The van der Waals surface area contributed by atoms with Crippen molar-refractivity contribution in [1.82, 2.24) is 24.6 Å². The van der Waals surface area contributed by atoms with Crippen LogP contribution in [0.4, 0.5) is 4.39 Å². The summed E-state index contributed by atoms with van der Waals surface area (Å²) in [7, 11) is 0. The quantitative estimate of drug-likeness (QED) is 0.587. The predicted molar refractivity (Wildman–Crippen MR) is 98.5 cm³/mol. The van der Waals surface area contributed by atoms with Crippen LogP contribution in [0, 0.1) is 5.82 Å². The van der Waals surface area contributed by atoms with Crippen LogP contribution in [0.15, 0.2) is 49.2 Å². The zero-order chi connectivity index (χ0) is 19.1. The van der Waals surface area contributed by atoms with E-state index in [1.54, 1.807) is 30.9 Å². The normalized spacial score (nSPS) is 10.7. The topological polar surface area (TPSA) is 74.0 Å². The summed E-state index contributed by atoms with van der Waals surface area (Å²) in [5, 5.41) is 7.20. The molecule has 0 aliphatic heterocycles. The Labute approximate surface area is 156 Å². The van der Waals surface area contributed by atoms with Crippen molar-refractivity contribution in [2.24, 2.45) is 0 Å². The summed E-state index contributed by atoms with van der Waals surface area (Å²) in [4.78, 5) is 16.5. The highest BCUT2D eigenvalue weighted by Crippen LogP contribution is 2.20. The molecule has 0 saturated carbocycles. The van der Waals surface area contributed by atoms with E-state index >= 15 is 0 Å². The maximum atomic E-state index is 13.1. The van der Waals surface area contributed by atoms with E-state index in [1.165, 1.54) is 16.8 Å². The van der Waals surface area contributed by atoms with Crippen LogP contribution >= 0.6 is 0 Å². The first-order valence-electron chi connectivity index (χ1n) is 8.89. The first kappa shape index (κ1) is 18.6. The molecule has 0 radical (unpaired) electrons. The molecule has 0 spiro atoms. The van der Waals surface area contributed by atoms with Gasteiger partial charge in [-0.05, 0) is 37.1 Å². The van der Waals surface area contributed by atoms with Crippen LogP contribution in [0.1, 0.15) is 30.3 Å². The SMILES string of the molecule is CCCOc1cn(-c2ccc(F)cc2)nc1C(=O)NCCCn1ccnc1. The molecular formula is C19H22FN5O2. The lowest BCUT2D eigenvalue weighted by atomic mass is 10.3. The van der Waals surface area contributed by atoms with E-state index in [0.29, 0.717) is 24.6 Å². The molecule has 7 nitrogen and oxygen atoms in total. The van der Waals surface area contributed by atoms with E-state index in [-0.39, 0.29) is 17.4 Å². The lowest BCUT2D eigenvalue weighted by molar-refractivity contribution is 0.0943. The van der Waals surface area contributed by atoms with Crippen molar-refractivity contribution in [1.29, 1.82) is 0 Å². The molecule has 0 aliphatic carbocycles. The van der Waals surface area contributed by atoms with Crippen molar-refractivity contribution < 1.29 is 13.9 Å². The highest BCUT2D eigenvalue weighted by Gasteiger charge is 2.18. The van der Waals surface area contributed by atoms with Crippen LogP contribution in [0.2, 0.25) is 0 Å². The standard InChI is InChI=1S/C19H22FN5O2/c1-2-12-27-17-13-25(16-6-4-15(20)5-7-16)23-18(17)19(26)22-8-3-10-24-11-9-21-14-24/h4-7,9,11,13-14H,2-3,8,10,12H2,1H3,(H,22,26). The van der Waals surface area contributed by atoms with Gasteiger partial charge in [0, 0.05) is 25.5 Å². The third-order valence-corrected chi connectivity index (χ3v) is 3.89. The molecule has 0 fully saturated rings. The summed E-state index contributed by atoms with van der Waals surface area (Å²) >= 11 is 0. The molecule has 0 atom stereocenters. The Morgan fingerprint density at radius 2 is 2.11 bits per heavy atom. The molecule has 2 aromatic heterocycles. The van der Waals surface area contributed by atoms with Crippen LogP contribution in [0.3, 0.4) is 0 Å². The molecule has 8 heteroatoms. The summed E-state index contributed by atoms with van der Waals surface area (Å²) < 4.78 is 22.3. The Bertz CT molecular complexity index is 859. The van der Waals surface area contributed by atoms with Gasteiger partial charge in [0.2, 0.25) is 0 Å². The van der Waals surface area contributed by atoms with Gasteiger partial charge in [0.05, 0.1) is 24.8 Å². The summed E-state index contributed by atoms with van der Waals surface area (Å²) in [5.74, 6) is -0.217. The van der Waals surface area contributed by atoms with Crippen LogP contribution in [0.5, 0.6) is 5.75 Å². The highest BCUT2D eigenvalue weighted by atomic mass is 19.1. The van der Waals surface area contributed by atoms with Gasteiger partial charge in [-0.3, -0.25) is 4.79 Å². The average molecular weight is 371 g/mol. The van der Waals surface area contributed by atoms with E-state index in [0.717, 1.165) is 19.4 Å². The number of carbonyl (C=O) groups is 1. The van der Waals surface area contributed by atoms with Gasteiger partial charge in [0.1, 0.15) is 5.82 Å². The summed E-state index contributed by atoms with van der Waals surface area (Å²) in [6, 6.07) is 5.89. The minimum atomic E-state index is -0.329. The first-order valence-corrected chi connectivity index (χ1v) is 8.89. The number of benzene rings is 1. The molecule has 142 valence electrons. The third-order valence-electron chi connectivity index (χ3n) is 3.89. The second-order valence-corrected chi connectivity index (χ2v) is 6.02. The first-order chi connectivity index (χ1) is 13.2. The second-order valence-electron chi connectivity index (χ2n) is 6.02. The van der Waals surface area contributed by atoms with E-state index in [2.05, 4.69) is 15.4 Å². The van der Waals surface area contributed by atoms with Gasteiger partial charge in [0.25, 0.3) is 5.91 Å².